The van der Waals surface area contributed by atoms with Crippen molar-refractivity contribution >= 4 is 29.8 Å². The predicted molar refractivity (Wildman–Crippen MR) is 76.6 cm³/mol. The summed E-state index contributed by atoms with van der Waals surface area (Å²) in [5.74, 6) is -7.67. The van der Waals surface area contributed by atoms with Crippen LogP contribution in [0.15, 0.2) is 0 Å². The normalized spacial score (nSPS) is 10.7. The zero-order valence-corrected chi connectivity index (χ0v) is 16.5. The maximum absolute atomic E-state index is 10.8. The molecule has 0 aliphatic carbocycles. The van der Waals surface area contributed by atoms with Crippen molar-refractivity contribution in [3.8, 4) is 0 Å². The summed E-state index contributed by atoms with van der Waals surface area (Å²) in [5.41, 5.74) is 0. The Morgan fingerprint density at radius 1 is 0.464 bits per heavy atom. The van der Waals surface area contributed by atoms with Crippen molar-refractivity contribution in [2.24, 2.45) is 0 Å². The van der Waals surface area contributed by atoms with Crippen LogP contribution in [0, 0.1) is 0 Å². The molecule has 13 nitrogen and oxygen atoms in total. The van der Waals surface area contributed by atoms with Crippen LogP contribution < -0.4 is 25.5 Å². The fraction of sp³-hybridized carbons (Fsp3) is 0.643. The fourth-order valence-corrected chi connectivity index (χ4v) is 2.18. The zero-order valence-electron chi connectivity index (χ0n) is 16.7. The van der Waals surface area contributed by atoms with E-state index in [2.05, 4.69) is 0 Å². The molecule has 0 saturated carbocycles. The minimum atomic E-state index is -1.54. The van der Waals surface area contributed by atoms with E-state index in [1.807, 2.05) is 0 Å². The molecular weight excluding hydrogens is 469 g/mol. The molecule has 0 aromatic rings. The van der Waals surface area contributed by atoms with Crippen LogP contribution in [-0.4, -0.2) is 103 Å². The molecule has 0 atom stereocenters. The van der Waals surface area contributed by atoms with Crippen LogP contribution in [0.1, 0.15) is 2.85 Å². The first-order chi connectivity index (χ1) is 12.5. The molecule has 0 heterocycles. The largest absolute Gasteiger partial charge is 1.00 e. The molecule has 0 aliphatic heterocycles. The fourth-order valence-electron chi connectivity index (χ4n) is 2.18. The number of rotatable bonds is 16. The van der Waals surface area contributed by atoms with Crippen LogP contribution in [0.3, 0.4) is 0 Å². The van der Waals surface area contributed by atoms with Gasteiger partial charge in [0.25, 0.3) is 0 Å². The number of nitrogens with zero attached hydrogens (tertiary/aromatic N) is 3. The quantitative estimate of drug-likeness (QED) is 0.197. The second-order valence-corrected chi connectivity index (χ2v) is 5.56. The van der Waals surface area contributed by atoms with Gasteiger partial charge in [-0.2, -0.15) is 0 Å². The van der Waals surface area contributed by atoms with Crippen LogP contribution in [0.5, 0.6) is 0 Å². The van der Waals surface area contributed by atoms with Crippen molar-refractivity contribution in [1.29, 1.82) is 0 Å². The molecule has 0 aliphatic rings. The van der Waals surface area contributed by atoms with E-state index in [9.17, 15) is 49.5 Å². The number of hydrogen-bond donors (Lipinski definition) is 0. The molecule has 0 saturated heterocycles. The summed E-state index contributed by atoms with van der Waals surface area (Å²) in [6, 6.07) is 0. The Kier molecular flexibility index (Phi) is 14.9. The van der Waals surface area contributed by atoms with Gasteiger partial charge in [0.1, 0.15) is 0 Å². The number of carboxylic acids is 5. The van der Waals surface area contributed by atoms with Gasteiger partial charge in [0.05, 0.1) is 29.8 Å². The van der Waals surface area contributed by atoms with Crippen molar-refractivity contribution in [3.05, 3.63) is 0 Å². The van der Waals surface area contributed by atoms with Crippen LogP contribution in [0.25, 0.3) is 0 Å². The average Bonchev–Trinajstić information content (AvgIpc) is 2.46. The third-order valence-corrected chi connectivity index (χ3v) is 3.23. The summed E-state index contributed by atoms with van der Waals surface area (Å²) in [7, 11) is 0. The second-order valence-electron chi connectivity index (χ2n) is 5.56. The maximum atomic E-state index is 10.8. The molecule has 0 bridgehead atoms. The van der Waals surface area contributed by atoms with Crippen molar-refractivity contribution in [1.82, 2.24) is 14.7 Å². The molecule has 161 valence electrons. The van der Waals surface area contributed by atoms with Gasteiger partial charge in [-0.15, -0.1) is 0 Å². The molecular formula is C14H20N3O10Tc-3. The third kappa shape index (κ3) is 16.1. The van der Waals surface area contributed by atoms with E-state index in [0.717, 1.165) is 9.80 Å². The Hall–Kier alpha value is -2.12. The Bertz CT molecular complexity index is 498. The van der Waals surface area contributed by atoms with E-state index in [0.29, 0.717) is 0 Å². The maximum Gasteiger partial charge on any atom is 1.00 e. The Morgan fingerprint density at radius 2 is 0.643 bits per heavy atom. The van der Waals surface area contributed by atoms with E-state index in [-0.39, 0.29) is 49.1 Å². The van der Waals surface area contributed by atoms with Crippen LogP contribution >= 0.6 is 0 Å². The van der Waals surface area contributed by atoms with Crippen molar-refractivity contribution in [3.63, 3.8) is 0 Å². The summed E-state index contributed by atoms with van der Waals surface area (Å²) >= 11 is 0. The van der Waals surface area contributed by atoms with Crippen molar-refractivity contribution in [2.75, 3.05) is 58.9 Å². The van der Waals surface area contributed by atoms with Gasteiger partial charge < -0.3 is 49.5 Å². The van der Waals surface area contributed by atoms with E-state index >= 15 is 0 Å². The number of carboxylic acid groups (broad SMARTS) is 5. The van der Waals surface area contributed by atoms with Crippen molar-refractivity contribution in [2.45, 2.75) is 0 Å². The van der Waals surface area contributed by atoms with Gasteiger partial charge in [-0.05, 0) is 0 Å². The average molecular weight is 489 g/mol. The number of carbonyl (C=O) groups is 5. The molecule has 1 radical (unpaired) electrons. The van der Waals surface area contributed by atoms with Gasteiger partial charge in [0.15, 0.2) is 0 Å². The van der Waals surface area contributed by atoms with E-state index in [4.69, 9.17) is 0 Å². The first-order valence-electron chi connectivity index (χ1n) is 7.66. The van der Waals surface area contributed by atoms with Crippen molar-refractivity contribution < 1.29 is 72.5 Å². The Balaban J connectivity index is -0.00000113. The van der Waals surface area contributed by atoms with Crippen LogP contribution in [0.2, 0.25) is 0 Å². The van der Waals surface area contributed by atoms with Gasteiger partial charge in [-0.3, -0.25) is 14.7 Å². The molecule has 0 unspecified atom stereocenters. The first-order valence-corrected chi connectivity index (χ1v) is 7.66. The molecule has 28 heavy (non-hydrogen) atoms. The Morgan fingerprint density at radius 3 is 0.857 bits per heavy atom. The van der Waals surface area contributed by atoms with Gasteiger partial charge in [0, 0.05) is 79.0 Å². The Labute approximate surface area is 176 Å². The van der Waals surface area contributed by atoms with Gasteiger partial charge in [-0.1, -0.05) is 0 Å². The second kappa shape index (κ2) is 14.9. The SMILES string of the molecule is O=C([O-])CN(CCN(CC(=O)[O-])CC(=O)[O-])CCN(CC(=O)[O-])CC(=O)[O-].[99Tc].[H+].[H+]. The third-order valence-electron chi connectivity index (χ3n) is 3.23. The summed E-state index contributed by atoms with van der Waals surface area (Å²) in [5, 5.41) is 53.3. The zero-order chi connectivity index (χ0) is 21.0. The molecule has 14 heteroatoms. The first kappa shape index (κ1) is 28.1. The van der Waals surface area contributed by atoms with E-state index < -0.39 is 62.6 Å². The molecule has 0 aromatic heterocycles. The molecule has 0 aromatic carbocycles. The minimum absolute atomic E-state index is 0. The van der Waals surface area contributed by atoms with E-state index in [1.54, 1.807) is 0 Å². The molecule has 0 fully saturated rings. The summed E-state index contributed by atoms with van der Waals surface area (Å²) in [6.07, 6.45) is 0. The molecule has 0 N–H and O–H groups in total. The number of hydrogen-bond acceptors (Lipinski definition) is 13. The monoisotopic (exact) mass is 489 g/mol. The minimum Gasteiger partial charge on any atom is -0.549 e. The van der Waals surface area contributed by atoms with Crippen LogP contribution in [-0.2, 0) is 44.1 Å². The standard InChI is InChI=1S/C14H23N3O10.Tc/c18-10(19)5-15(1-3-16(6-11(20)21)7-12(22)23)2-4-17(8-13(24)25)9-14(26)27;/h1-9H2,(H,18,19)(H,20,21)(H,22,23)(H,24,25)(H,26,27);/p-3/i;1+1. The summed E-state index contributed by atoms with van der Waals surface area (Å²) in [6.45, 7) is -4.16. The van der Waals surface area contributed by atoms with Gasteiger partial charge in [0.2, 0.25) is 0 Å². The number of carbonyl (C=O) groups excluding carboxylic acids is 5. The number of aliphatic carboxylic acids is 5. The molecule has 0 rings (SSSR count). The van der Waals surface area contributed by atoms with E-state index in [1.165, 1.54) is 4.90 Å². The van der Waals surface area contributed by atoms with Crippen LogP contribution in [0.4, 0.5) is 0 Å². The smallest absolute Gasteiger partial charge is 0.549 e. The predicted octanol–water partition coefficient (Wildman–Crippen LogP) is -9.14. The summed E-state index contributed by atoms with van der Waals surface area (Å²) in [4.78, 5) is 56.4. The molecule has 0 spiro atoms. The topological polar surface area (TPSA) is 210 Å². The van der Waals surface area contributed by atoms with Gasteiger partial charge in [-0.25, -0.2) is 0 Å². The van der Waals surface area contributed by atoms with Gasteiger partial charge >= 0.3 is 2.85 Å². The summed E-state index contributed by atoms with van der Waals surface area (Å²) < 4.78 is 0. The molecule has 0 amide bonds.